The second kappa shape index (κ2) is 23.8. The average Bonchev–Trinajstić information content (AvgIpc) is 3.88. The molecule has 5 aromatic rings. The van der Waals surface area contributed by atoms with Crippen LogP contribution < -0.4 is 10.6 Å². The van der Waals surface area contributed by atoms with Crippen molar-refractivity contribution in [3.8, 4) is 0 Å². The van der Waals surface area contributed by atoms with E-state index < -0.39 is 0 Å². The quantitative estimate of drug-likeness (QED) is 0.105. The molecule has 0 bridgehead atoms. The first-order chi connectivity index (χ1) is 27.3. The number of nitrogens with one attached hydrogen (secondary N) is 4. The first-order valence-electron chi connectivity index (χ1n) is 20.4. The highest BCUT2D eigenvalue weighted by Gasteiger charge is 2.27. The molecule has 1 saturated heterocycles. The number of aliphatic imine (C=N–C) groups is 1. The van der Waals surface area contributed by atoms with Crippen molar-refractivity contribution in [3.05, 3.63) is 148 Å². The molecule has 0 amide bonds. The summed E-state index contributed by atoms with van der Waals surface area (Å²) in [5.41, 5.74) is 12.9. The third-order valence-corrected chi connectivity index (χ3v) is 9.83. The number of imidazole rings is 1. The first-order valence-corrected chi connectivity index (χ1v) is 20.4. The van der Waals surface area contributed by atoms with E-state index in [9.17, 15) is 0 Å². The predicted octanol–water partition coefficient (Wildman–Crippen LogP) is 10.1. The number of allylic oxidation sites excluding steroid dienone is 3. The zero-order valence-electron chi connectivity index (χ0n) is 34.9. The lowest BCUT2D eigenvalue weighted by Gasteiger charge is -2.32. The Bertz CT molecular complexity index is 1940. The Balaban J connectivity index is 0.000000210. The molecule has 4 N–H and O–H groups in total. The Morgan fingerprint density at radius 2 is 1.62 bits per heavy atom. The van der Waals surface area contributed by atoms with Gasteiger partial charge in [-0.3, -0.25) is 25.0 Å². The predicted molar refractivity (Wildman–Crippen MR) is 231 cm³/mol. The third-order valence-electron chi connectivity index (χ3n) is 9.83. The number of aromatic amines is 2. The minimum Gasteiger partial charge on any atom is -0.348 e. The van der Waals surface area contributed by atoms with Crippen LogP contribution in [0.3, 0.4) is 0 Å². The van der Waals surface area contributed by atoms with E-state index in [0.717, 1.165) is 61.4 Å². The van der Waals surface area contributed by atoms with E-state index in [2.05, 4.69) is 118 Å². The lowest BCUT2D eigenvalue weighted by Crippen LogP contribution is -2.32. The van der Waals surface area contributed by atoms with Crippen LogP contribution >= 0.6 is 0 Å². The van der Waals surface area contributed by atoms with E-state index in [1.807, 2.05) is 57.7 Å². The number of pyridine rings is 3. The van der Waals surface area contributed by atoms with Crippen LogP contribution in [0.5, 0.6) is 0 Å². The summed E-state index contributed by atoms with van der Waals surface area (Å²) in [7, 11) is 0. The van der Waals surface area contributed by atoms with Gasteiger partial charge in [0.1, 0.15) is 0 Å². The van der Waals surface area contributed by atoms with Crippen LogP contribution in [0, 0.1) is 27.7 Å². The highest BCUT2D eigenvalue weighted by atomic mass is 15.1. The van der Waals surface area contributed by atoms with Crippen molar-refractivity contribution in [2.75, 3.05) is 0 Å². The normalized spacial score (nSPS) is 16.7. The number of piperidine rings is 1. The molecule has 298 valence electrons. The van der Waals surface area contributed by atoms with Crippen LogP contribution in [-0.2, 0) is 13.0 Å². The van der Waals surface area contributed by atoms with Gasteiger partial charge in [0.15, 0.2) is 0 Å². The highest BCUT2D eigenvalue weighted by molar-refractivity contribution is 5.84. The molecule has 0 spiro atoms. The van der Waals surface area contributed by atoms with Crippen molar-refractivity contribution < 1.29 is 0 Å². The fourth-order valence-corrected chi connectivity index (χ4v) is 6.75. The molecule has 1 fully saturated rings. The van der Waals surface area contributed by atoms with Crippen LogP contribution in [0.4, 0.5) is 0 Å². The topological polar surface area (TPSA) is 132 Å². The monoisotopic (exact) mass is 757 g/mol. The van der Waals surface area contributed by atoms with Gasteiger partial charge in [0.2, 0.25) is 0 Å². The van der Waals surface area contributed by atoms with Gasteiger partial charge in [0.05, 0.1) is 47.4 Å². The van der Waals surface area contributed by atoms with Gasteiger partial charge in [0, 0.05) is 67.3 Å². The number of H-pyrrole nitrogens is 2. The fourth-order valence-electron chi connectivity index (χ4n) is 6.75. The van der Waals surface area contributed by atoms with Gasteiger partial charge in [-0.25, -0.2) is 4.98 Å². The Labute approximate surface area is 335 Å². The fraction of sp³-hybridized carbons (Fsp3) is 0.435. The van der Waals surface area contributed by atoms with Gasteiger partial charge in [-0.15, -0.1) is 0 Å². The molecule has 10 heteroatoms. The van der Waals surface area contributed by atoms with E-state index in [0.29, 0.717) is 12.1 Å². The van der Waals surface area contributed by atoms with Gasteiger partial charge in [-0.05, 0) is 107 Å². The van der Waals surface area contributed by atoms with E-state index in [1.54, 1.807) is 12.5 Å². The standard InChI is InChI=1S/C21H25N5.C19H27N3.C4H6N2.C2H6/c1-14-5-4-10-23-20(14)18-6-3-7-19(26-18)21-15(2)8-9-16(25-21)11-17-12-22-13-24-17;1-4-5-11-17(18-12-7-6-10-16(3)22-18)21-14-19-15(2)9-8-13-20-19;1-4-2-5-6-3-4;1-2/h4-5,8-10,12-13,18-19,26H,3,6-7,11H2,1-2H3,(H,22,24);6-9,12-13,17,21H,4-5,10-11,14H2,1-3H3;2-3H,1H3,(H,5,6);1-2H3. The molecule has 7 rings (SSSR count). The Morgan fingerprint density at radius 1 is 0.875 bits per heavy atom. The van der Waals surface area contributed by atoms with E-state index >= 15 is 0 Å². The Hall–Kier alpha value is -5.06. The van der Waals surface area contributed by atoms with Gasteiger partial charge in [-0.2, -0.15) is 5.10 Å². The summed E-state index contributed by atoms with van der Waals surface area (Å²) in [5, 5.41) is 13.8. The number of unbranched alkanes of at least 4 members (excludes halogenated alkanes) is 1. The molecule has 0 saturated carbocycles. The molecule has 2 aliphatic heterocycles. The third kappa shape index (κ3) is 13.9. The SMILES string of the molecule is CC.CCCCC(NCc1ncccc1C)C1=CC=CCC(C)=N1.Cc1cccnc1C1CCCC(c2nc(Cc3cnc[nH]3)ccc2C)N1.Cc1cn[nH]c1. The van der Waals surface area contributed by atoms with Crippen molar-refractivity contribution in [3.63, 3.8) is 0 Å². The molecule has 5 aromatic heterocycles. The van der Waals surface area contributed by atoms with Crippen LogP contribution in [0.25, 0.3) is 0 Å². The van der Waals surface area contributed by atoms with Crippen LogP contribution in [-0.4, -0.2) is 46.9 Å². The summed E-state index contributed by atoms with van der Waals surface area (Å²) in [5.74, 6) is 0. The zero-order chi connectivity index (χ0) is 40.1. The Morgan fingerprint density at radius 3 is 2.29 bits per heavy atom. The Kier molecular flexibility index (Phi) is 18.5. The summed E-state index contributed by atoms with van der Waals surface area (Å²) in [6.07, 6.45) is 26.1. The lowest BCUT2D eigenvalue weighted by atomic mass is 9.91. The molecular formula is C46H64N10. The number of hydrogen-bond acceptors (Lipinski definition) is 8. The maximum atomic E-state index is 4.99. The van der Waals surface area contributed by atoms with Crippen molar-refractivity contribution in [2.24, 2.45) is 4.99 Å². The number of nitrogens with zero attached hydrogens (tertiary/aromatic N) is 6. The second-order valence-electron chi connectivity index (χ2n) is 14.4. The number of hydrogen-bond donors (Lipinski definition) is 4. The van der Waals surface area contributed by atoms with Crippen molar-refractivity contribution in [1.29, 1.82) is 0 Å². The number of aryl methyl sites for hydroxylation is 4. The van der Waals surface area contributed by atoms with Gasteiger partial charge < -0.3 is 15.6 Å². The molecule has 3 atom stereocenters. The number of aromatic nitrogens is 7. The molecule has 10 nitrogen and oxygen atoms in total. The molecular weight excluding hydrogens is 693 g/mol. The van der Waals surface area contributed by atoms with Gasteiger partial charge in [0.25, 0.3) is 0 Å². The summed E-state index contributed by atoms with van der Waals surface area (Å²) >= 11 is 0. The van der Waals surface area contributed by atoms with E-state index in [1.165, 1.54) is 58.6 Å². The van der Waals surface area contributed by atoms with Crippen molar-refractivity contribution >= 4 is 5.71 Å². The maximum absolute atomic E-state index is 4.99. The van der Waals surface area contributed by atoms with Crippen LogP contribution in [0.2, 0.25) is 0 Å². The maximum Gasteiger partial charge on any atom is 0.0921 e. The van der Waals surface area contributed by atoms with E-state index in [-0.39, 0.29) is 6.04 Å². The molecule has 2 aliphatic rings. The van der Waals surface area contributed by atoms with Crippen molar-refractivity contribution in [1.82, 2.24) is 45.8 Å². The molecule has 7 heterocycles. The highest BCUT2D eigenvalue weighted by Crippen LogP contribution is 2.33. The second-order valence-corrected chi connectivity index (χ2v) is 14.4. The average molecular weight is 757 g/mol. The smallest absolute Gasteiger partial charge is 0.0921 e. The minimum atomic E-state index is 0.275. The van der Waals surface area contributed by atoms with E-state index in [4.69, 9.17) is 9.98 Å². The van der Waals surface area contributed by atoms with Crippen LogP contribution in [0.1, 0.15) is 135 Å². The first kappa shape index (κ1) is 43.7. The largest absolute Gasteiger partial charge is 0.348 e. The van der Waals surface area contributed by atoms with Gasteiger partial charge >= 0.3 is 0 Å². The molecule has 0 radical (unpaired) electrons. The van der Waals surface area contributed by atoms with Gasteiger partial charge in [-0.1, -0.05) is 64.0 Å². The number of rotatable bonds is 11. The zero-order valence-corrected chi connectivity index (χ0v) is 34.9. The lowest BCUT2D eigenvalue weighted by molar-refractivity contribution is 0.319. The molecule has 0 aromatic carbocycles. The summed E-state index contributed by atoms with van der Waals surface area (Å²) < 4.78 is 0. The molecule has 0 aliphatic carbocycles. The summed E-state index contributed by atoms with van der Waals surface area (Å²) in [4.78, 5) is 26.1. The molecule has 3 unspecified atom stereocenters. The molecule has 56 heavy (non-hydrogen) atoms. The van der Waals surface area contributed by atoms with Crippen molar-refractivity contribution in [2.45, 2.75) is 131 Å². The van der Waals surface area contributed by atoms with Crippen LogP contribution in [0.15, 0.2) is 103 Å². The summed E-state index contributed by atoms with van der Waals surface area (Å²) in [6.45, 7) is 17.5. The minimum absolute atomic E-state index is 0.275. The summed E-state index contributed by atoms with van der Waals surface area (Å²) in [6, 6.07) is 13.4.